The molecule has 2 N–H and O–H groups in total. The molecule has 0 fully saturated rings. The van der Waals surface area contributed by atoms with Gasteiger partial charge in [0.05, 0.1) is 23.3 Å². The number of nitrogen functional groups attached to an aromatic ring is 1. The molecule has 102 valence electrons. The number of anilines is 1. The van der Waals surface area contributed by atoms with Gasteiger partial charge in [-0.3, -0.25) is 0 Å². The molecule has 0 amide bonds. The van der Waals surface area contributed by atoms with Crippen molar-refractivity contribution < 1.29 is 4.74 Å². The largest absolute Gasteiger partial charge is 0.493 e. The first-order chi connectivity index (χ1) is 9.70. The van der Waals surface area contributed by atoms with Gasteiger partial charge < -0.3 is 10.5 Å². The van der Waals surface area contributed by atoms with Gasteiger partial charge in [0, 0.05) is 16.3 Å². The van der Waals surface area contributed by atoms with Crippen molar-refractivity contribution in [3.8, 4) is 11.8 Å². The van der Waals surface area contributed by atoms with Crippen molar-refractivity contribution in [2.24, 2.45) is 0 Å². The molecule has 2 aromatic rings. The highest BCUT2D eigenvalue weighted by atomic mass is 35.5. The third-order valence-corrected chi connectivity index (χ3v) is 4.12. The molecule has 0 aromatic heterocycles. The van der Waals surface area contributed by atoms with Gasteiger partial charge in [0.25, 0.3) is 0 Å². The lowest BCUT2D eigenvalue weighted by molar-refractivity contribution is 0.344. The van der Waals surface area contributed by atoms with E-state index in [0.717, 1.165) is 16.4 Å². The molecule has 0 aliphatic carbocycles. The molecule has 0 radical (unpaired) electrons. The van der Waals surface area contributed by atoms with Crippen LogP contribution >= 0.6 is 23.4 Å². The number of nitrogens with two attached hydrogens (primary N) is 1. The van der Waals surface area contributed by atoms with E-state index < -0.39 is 0 Å². The van der Waals surface area contributed by atoms with Gasteiger partial charge in [-0.25, -0.2) is 0 Å². The summed E-state index contributed by atoms with van der Waals surface area (Å²) in [5.74, 6) is 1.49. The molecule has 0 saturated heterocycles. The summed E-state index contributed by atoms with van der Waals surface area (Å²) in [5.41, 5.74) is 7.17. The summed E-state index contributed by atoms with van der Waals surface area (Å²) in [7, 11) is 0. The van der Waals surface area contributed by atoms with Gasteiger partial charge in [-0.1, -0.05) is 17.7 Å². The number of nitrogens with zero attached hydrogens (tertiary/aromatic N) is 1. The summed E-state index contributed by atoms with van der Waals surface area (Å²) >= 11 is 7.65. The fourth-order valence-electron chi connectivity index (χ4n) is 1.61. The van der Waals surface area contributed by atoms with Crippen LogP contribution in [0.15, 0.2) is 47.4 Å². The van der Waals surface area contributed by atoms with Crippen LogP contribution in [0.5, 0.6) is 5.75 Å². The lowest BCUT2D eigenvalue weighted by Gasteiger charge is -2.08. The molecule has 0 heterocycles. The van der Waals surface area contributed by atoms with Crippen LogP contribution in [0.4, 0.5) is 5.69 Å². The van der Waals surface area contributed by atoms with Crippen LogP contribution in [0.2, 0.25) is 5.02 Å². The fraction of sp³-hybridized carbons (Fsp3) is 0.133. The number of ether oxygens (including phenoxy) is 1. The quantitative estimate of drug-likeness (QED) is 0.516. The molecule has 0 atom stereocenters. The van der Waals surface area contributed by atoms with Crippen molar-refractivity contribution in [2.75, 3.05) is 18.1 Å². The molecule has 2 aromatic carbocycles. The second kappa shape index (κ2) is 7.09. The number of benzene rings is 2. The maximum atomic E-state index is 8.70. The Morgan fingerprint density at radius 1 is 1.20 bits per heavy atom. The first-order valence-corrected chi connectivity index (χ1v) is 7.37. The smallest absolute Gasteiger partial charge is 0.119 e. The van der Waals surface area contributed by atoms with E-state index in [4.69, 9.17) is 27.3 Å². The molecule has 0 unspecified atom stereocenters. The maximum absolute atomic E-state index is 8.70. The molecule has 2 rings (SSSR count). The zero-order valence-corrected chi connectivity index (χ0v) is 12.2. The predicted octanol–water partition coefficient (Wildman–Crippen LogP) is 3.96. The number of hydrogen-bond donors (Lipinski definition) is 1. The summed E-state index contributed by atoms with van der Waals surface area (Å²) in [6, 6.07) is 14.6. The Bertz CT molecular complexity index is 603. The number of halogens is 1. The Labute approximate surface area is 127 Å². The predicted molar refractivity (Wildman–Crippen MR) is 83.2 cm³/mol. The third kappa shape index (κ3) is 3.83. The summed E-state index contributed by atoms with van der Waals surface area (Å²) in [6.07, 6.45) is 0. The van der Waals surface area contributed by atoms with E-state index in [0.29, 0.717) is 22.9 Å². The van der Waals surface area contributed by atoms with Gasteiger partial charge >= 0.3 is 0 Å². The van der Waals surface area contributed by atoms with Crippen LogP contribution < -0.4 is 10.5 Å². The molecular weight excluding hydrogens is 292 g/mol. The first kappa shape index (κ1) is 14.6. The topological polar surface area (TPSA) is 59.0 Å². The molecule has 0 aliphatic rings. The molecule has 3 nitrogen and oxygen atoms in total. The average Bonchev–Trinajstić information content (AvgIpc) is 2.46. The molecule has 0 bridgehead atoms. The van der Waals surface area contributed by atoms with Crippen molar-refractivity contribution in [3.05, 3.63) is 53.1 Å². The number of rotatable bonds is 5. The minimum absolute atomic E-state index is 0.543. The standard InChI is InChI=1S/C15H13ClN2OS/c16-13-2-1-3-14(18)15(13)20-9-8-19-12-6-4-11(10-17)5-7-12/h1-7H,8-9,18H2. The molecule has 0 saturated carbocycles. The minimum Gasteiger partial charge on any atom is -0.493 e. The number of nitriles is 1. The summed E-state index contributed by atoms with van der Waals surface area (Å²) in [5, 5.41) is 9.36. The highest BCUT2D eigenvalue weighted by Crippen LogP contribution is 2.32. The normalized spacial score (nSPS) is 10.0. The van der Waals surface area contributed by atoms with E-state index in [9.17, 15) is 0 Å². The van der Waals surface area contributed by atoms with Crippen molar-refractivity contribution in [1.29, 1.82) is 5.26 Å². The van der Waals surface area contributed by atoms with Gasteiger partial charge in [0.2, 0.25) is 0 Å². The van der Waals surface area contributed by atoms with Crippen molar-refractivity contribution in [3.63, 3.8) is 0 Å². The monoisotopic (exact) mass is 304 g/mol. The fourth-order valence-corrected chi connectivity index (χ4v) is 2.76. The minimum atomic E-state index is 0.543. The zero-order chi connectivity index (χ0) is 14.4. The second-order valence-corrected chi connectivity index (χ2v) is 5.50. The van der Waals surface area contributed by atoms with Crippen LogP contribution in [0.3, 0.4) is 0 Å². The SMILES string of the molecule is N#Cc1ccc(OCCSc2c(N)cccc2Cl)cc1. The van der Waals surface area contributed by atoms with E-state index in [1.807, 2.05) is 18.2 Å². The lowest BCUT2D eigenvalue weighted by atomic mass is 10.2. The van der Waals surface area contributed by atoms with Gasteiger partial charge in [-0.2, -0.15) is 5.26 Å². The van der Waals surface area contributed by atoms with E-state index in [2.05, 4.69) is 6.07 Å². The van der Waals surface area contributed by atoms with Crippen LogP contribution in [0.25, 0.3) is 0 Å². The highest BCUT2D eigenvalue weighted by molar-refractivity contribution is 7.99. The third-order valence-electron chi connectivity index (χ3n) is 2.58. The van der Waals surface area contributed by atoms with Gasteiger partial charge in [0.15, 0.2) is 0 Å². The Hall–Kier alpha value is -1.83. The molecule has 0 aliphatic heterocycles. The van der Waals surface area contributed by atoms with E-state index >= 15 is 0 Å². The van der Waals surface area contributed by atoms with E-state index in [1.54, 1.807) is 36.0 Å². The Balaban J connectivity index is 1.83. The summed E-state index contributed by atoms with van der Waals surface area (Å²) in [4.78, 5) is 0.887. The molecular formula is C15H13ClN2OS. The van der Waals surface area contributed by atoms with Crippen LogP contribution in [0, 0.1) is 11.3 Å². The first-order valence-electron chi connectivity index (χ1n) is 6.00. The van der Waals surface area contributed by atoms with E-state index in [1.165, 1.54) is 0 Å². The second-order valence-electron chi connectivity index (χ2n) is 3.99. The Kier molecular flexibility index (Phi) is 5.16. The van der Waals surface area contributed by atoms with Crippen LogP contribution in [-0.4, -0.2) is 12.4 Å². The summed E-state index contributed by atoms with van der Waals surface area (Å²) in [6.45, 7) is 0.543. The van der Waals surface area contributed by atoms with Gasteiger partial charge in [-0.05, 0) is 36.4 Å². The van der Waals surface area contributed by atoms with Crippen molar-refractivity contribution in [1.82, 2.24) is 0 Å². The van der Waals surface area contributed by atoms with Gasteiger partial charge in [-0.15, -0.1) is 11.8 Å². The zero-order valence-electron chi connectivity index (χ0n) is 10.7. The average molecular weight is 305 g/mol. The summed E-state index contributed by atoms with van der Waals surface area (Å²) < 4.78 is 5.59. The maximum Gasteiger partial charge on any atom is 0.119 e. The van der Waals surface area contributed by atoms with Crippen LogP contribution in [-0.2, 0) is 0 Å². The lowest BCUT2D eigenvalue weighted by Crippen LogP contribution is -2.00. The molecule has 20 heavy (non-hydrogen) atoms. The molecule has 0 spiro atoms. The van der Waals surface area contributed by atoms with E-state index in [-0.39, 0.29) is 0 Å². The number of hydrogen-bond acceptors (Lipinski definition) is 4. The van der Waals surface area contributed by atoms with Crippen molar-refractivity contribution in [2.45, 2.75) is 4.90 Å². The van der Waals surface area contributed by atoms with Crippen LogP contribution in [0.1, 0.15) is 5.56 Å². The Morgan fingerprint density at radius 2 is 1.95 bits per heavy atom. The number of thioether (sulfide) groups is 1. The molecule has 5 heteroatoms. The van der Waals surface area contributed by atoms with Gasteiger partial charge in [0.1, 0.15) is 5.75 Å². The Morgan fingerprint density at radius 3 is 2.60 bits per heavy atom. The van der Waals surface area contributed by atoms with Crippen molar-refractivity contribution >= 4 is 29.1 Å². The highest BCUT2D eigenvalue weighted by Gasteiger charge is 2.05.